The van der Waals surface area contributed by atoms with E-state index in [1.54, 1.807) is 6.07 Å². The van der Waals surface area contributed by atoms with Gasteiger partial charge in [0.05, 0.1) is 24.3 Å². The first-order valence-corrected chi connectivity index (χ1v) is 5.52. The number of nitrogens with zero attached hydrogens (tertiary/aromatic N) is 1. The zero-order valence-corrected chi connectivity index (χ0v) is 10.7. The largest absolute Gasteiger partial charge is 0.465 e. The van der Waals surface area contributed by atoms with Gasteiger partial charge in [-0.3, -0.25) is 0 Å². The van der Waals surface area contributed by atoms with E-state index in [0.29, 0.717) is 11.1 Å². The van der Waals surface area contributed by atoms with Crippen LogP contribution in [0.5, 0.6) is 0 Å². The van der Waals surface area contributed by atoms with E-state index >= 15 is 0 Å². The first kappa shape index (κ1) is 12.0. The highest BCUT2D eigenvalue weighted by molar-refractivity contribution is 14.1. The molecule has 1 aromatic rings. The standard InChI is InChI=1S/C11H10INO2/c1-3-7-5-10(12)9(11(14)15-2)4-8(7)6-13/h4-5H,3H2,1-2H3. The molecular weight excluding hydrogens is 305 g/mol. The number of esters is 1. The van der Waals surface area contributed by atoms with Crippen LogP contribution in [0.1, 0.15) is 28.4 Å². The number of carbonyl (C=O) groups is 1. The molecule has 1 aromatic carbocycles. The van der Waals surface area contributed by atoms with Crippen LogP contribution < -0.4 is 0 Å². The van der Waals surface area contributed by atoms with Gasteiger partial charge in [0.25, 0.3) is 0 Å². The predicted octanol–water partition coefficient (Wildman–Crippen LogP) is 2.51. The summed E-state index contributed by atoms with van der Waals surface area (Å²) in [7, 11) is 1.33. The quantitative estimate of drug-likeness (QED) is 0.622. The maximum absolute atomic E-state index is 11.4. The summed E-state index contributed by atoms with van der Waals surface area (Å²) < 4.78 is 5.45. The number of hydrogen-bond donors (Lipinski definition) is 0. The Hall–Kier alpha value is -1.09. The number of aryl methyl sites for hydroxylation is 1. The van der Waals surface area contributed by atoms with Crippen LogP contribution in [0.15, 0.2) is 12.1 Å². The van der Waals surface area contributed by atoms with Crippen molar-refractivity contribution in [2.24, 2.45) is 0 Å². The molecule has 0 aliphatic heterocycles. The van der Waals surface area contributed by atoms with Crippen LogP contribution in [0, 0.1) is 14.9 Å². The Kier molecular flexibility index (Phi) is 4.09. The number of benzene rings is 1. The van der Waals surface area contributed by atoms with Gasteiger partial charge >= 0.3 is 5.97 Å². The van der Waals surface area contributed by atoms with Crippen molar-refractivity contribution in [3.63, 3.8) is 0 Å². The zero-order valence-electron chi connectivity index (χ0n) is 8.50. The van der Waals surface area contributed by atoms with Gasteiger partial charge in [0, 0.05) is 3.57 Å². The minimum atomic E-state index is -0.404. The van der Waals surface area contributed by atoms with Crippen molar-refractivity contribution in [3.8, 4) is 6.07 Å². The smallest absolute Gasteiger partial charge is 0.338 e. The van der Waals surface area contributed by atoms with E-state index in [4.69, 9.17) is 5.26 Å². The van der Waals surface area contributed by atoms with Gasteiger partial charge in [-0.25, -0.2) is 4.79 Å². The Bertz CT molecular complexity index is 435. The van der Waals surface area contributed by atoms with Crippen LogP contribution in [0.4, 0.5) is 0 Å². The molecule has 0 fully saturated rings. The summed E-state index contributed by atoms with van der Waals surface area (Å²) in [6, 6.07) is 5.52. The molecular formula is C11H10INO2. The third-order valence-corrected chi connectivity index (χ3v) is 2.99. The van der Waals surface area contributed by atoms with Gasteiger partial charge in [-0.05, 0) is 46.7 Å². The number of rotatable bonds is 2. The first-order valence-electron chi connectivity index (χ1n) is 4.44. The summed E-state index contributed by atoms with van der Waals surface area (Å²) in [6.45, 7) is 1.98. The van der Waals surface area contributed by atoms with Gasteiger partial charge in [0.2, 0.25) is 0 Å². The second-order valence-corrected chi connectivity index (χ2v) is 4.11. The van der Waals surface area contributed by atoms with Gasteiger partial charge in [-0.1, -0.05) is 6.92 Å². The average molecular weight is 315 g/mol. The number of ether oxygens (including phenoxy) is 1. The van der Waals surface area contributed by atoms with Crippen molar-refractivity contribution < 1.29 is 9.53 Å². The number of carbonyl (C=O) groups excluding carboxylic acids is 1. The van der Waals surface area contributed by atoms with Crippen LogP contribution in [0.3, 0.4) is 0 Å². The van der Waals surface area contributed by atoms with Gasteiger partial charge < -0.3 is 4.74 Å². The SMILES string of the molecule is CCc1cc(I)c(C(=O)OC)cc1C#N. The third-order valence-electron chi connectivity index (χ3n) is 2.10. The van der Waals surface area contributed by atoms with E-state index in [9.17, 15) is 4.79 Å². The Morgan fingerprint density at radius 3 is 2.73 bits per heavy atom. The van der Waals surface area contributed by atoms with Crippen LogP contribution in [-0.4, -0.2) is 13.1 Å². The van der Waals surface area contributed by atoms with E-state index in [-0.39, 0.29) is 0 Å². The van der Waals surface area contributed by atoms with Crippen molar-refractivity contribution in [1.82, 2.24) is 0 Å². The lowest BCUT2D eigenvalue weighted by atomic mass is 10.0. The Balaban J connectivity index is 3.33. The van der Waals surface area contributed by atoms with Crippen molar-refractivity contribution in [2.45, 2.75) is 13.3 Å². The fourth-order valence-electron chi connectivity index (χ4n) is 1.28. The molecule has 0 radical (unpaired) electrons. The molecule has 0 aliphatic carbocycles. The number of hydrogen-bond acceptors (Lipinski definition) is 3. The molecule has 4 heteroatoms. The summed E-state index contributed by atoms with van der Waals surface area (Å²) in [5, 5.41) is 8.91. The molecule has 1 rings (SSSR count). The van der Waals surface area contributed by atoms with E-state index in [0.717, 1.165) is 15.6 Å². The second-order valence-electron chi connectivity index (χ2n) is 2.95. The second kappa shape index (κ2) is 5.12. The van der Waals surface area contributed by atoms with Gasteiger partial charge in [0.1, 0.15) is 0 Å². The number of methoxy groups -OCH3 is 1. The molecule has 0 spiro atoms. The lowest BCUT2D eigenvalue weighted by Crippen LogP contribution is -2.05. The van der Waals surface area contributed by atoms with Crippen LogP contribution in [0.2, 0.25) is 0 Å². The van der Waals surface area contributed by atoms with Gasteiger partial charge in [-0.2, -0.15) is 5.26 Å². The summed E-state index contributed by atoms with van der Waals surface area (Å²) in [5.74, 6) is -0.404. The fourth-order valence-corrected chi connectivity index (χ4v) is 2.03. The van der Waals surface area contributed by atoms with E-state index < -0.39 is 5.97 Å². The van der Waals surface area contributed by atoms with E-state index in [2.05, 4.69) is 33.4 Å². The molecule has 0 bridgehead atoms. The van der Waals surface area contributed by atoms with Gasteiger partial charge in [-0.15, -0.1) is 0 Å². The molecule has 0 aromatic heterocycles. The lowest BCUT2D eigenvalue weighted by Gasteiger charge is -2.06. The molecule has 0 saturated heterocycles. The molecule has 0 heterocycles. The lowest BCUT2D eigenvalue weighted by molar-refractivity contribution is 0.0599. The summed E-state index contributed by atoms with van der Waals surface area (Å²) in [5.41, 5.74) is 1.94. The molecule has 0 saturated carbocycles. The highest BCUT2D eigenvalue weighted by atomic mass is 127. The van der Waals surface area contributed by atoms with E-state index in [1.165, 1.54) is 7.11 Å². The highest BCUT2D eigenvalue weighted by Crippen LogP contribution is 2.19. The molecule has 3 nitrogen and oxygen atoms in total. The summed E-state index contributed by atoms with van der Waals surface area (Å²) in [6.07, 6.45) is 0.778. The van der Waals surface area contributed by atoms with Crippen LogP contribution in [-0.2, 0) is 11.2 Å². The molecule has 0 amide bonds. The monoisotopic (exact) mass is 315 g/mol. The number of nitriles is 1. The molecule has 15 heavy (non-hydrogen) atoms. The van der Waals surface area contributed by atoms with Crippen LogP contribution in [0.25, 0.3) is 0 Å². The molecule has 0 unspecified atom stereocenters. The Labute approximate surface area is 102 Å². The Morgan fingerprint density at radius 1 is 1.60 bits per heavy atom. The topological polar surface area (TPSA) is 50.1 Å². The van der Waals surface area contributed by atoms with Crippen molar-refractivity contribution >= 4 is 28.6 Å². The van der Waals surface area contributed by atoms with E-state index in [1.807, 2.05) is 13.0 Å². The maximum Gasteiger partial charge on any atom is 0.338 e. The Morgan fingerprint density at radius 2 is 2.27 bits per heavy atom. The minimum Gasteiger partial charge on any atom is -0.465 e. The normalized spacial score (nSPS) is 9.47. The first-order chi connectivity index (χ1) is 7.13. The van der Waals surface area contributed by atoms with Crippen LogP contribution >= 0.6 is 22.6 Å². The molecule has 0 N–H and O–H groups in total. The highest BCUT2D eigenvalue weighted by Gasteiger charge is 2.13. The molecule has 78 valence electrons. The zero-order chi connectivity index (χ0) is 11.4. The maximum atomic E-state index is 11.4. The minimum absolute atomic E-state index is 0.404. The molecule has 0 aliphatic rings. The number of halogens is 1. The molecule has 0 atom stereocenters. The third kappa shape index (κ3) is 2.48. The summed E-state index contributed by atoms with van der Waals surface area (Å²) in [4.78, 5) is 11.4. The van der Waals surface area contributed by atoms with Gasteiger partial charge in [0.15, 0.2) is 0 Å². The summed E-state index contributed by atoms with van der Waals surface area (Å²) >= 11 is 2.07. The van der Waals surface area contributed by atoms with Crippen molar-refractivity contribution in [3.05, 3.63) is 32.4 Å². The average Bonchev–Trinajstić information content (AvgIpc) is 2.27. The fraction of sp³-hybridized carbons (Fsp3) is 0.273. The predicted molar refractivity (Wildman–Crippen MR) is 64.6 cm³/mol. The van der Waals surface area contributed by atoms with Crippen molar-refractivity contribution in [1.29, 1.82) is 5.26 Å². The van der Waals surface area contributed by atoms with Crippen molar-refractivity contribution in [2.75, 3.05) is 7.11 Å².